The fraction of sp³-hybridized carbons (Fsp3) is 0.167. The molecule has 3 N–H and O–H groups in total. The number of nitrogens with zero attached hydrogens (tertiary/aromatic N) is 2. The van der Waals surface area contributed by atoms with Gasteiger partial charge in [0.15, 0.2) is 5.13 Å². The van der Waals surface area contributed by atoms with E-state index in [1.54, 1.807) is 0 Å². The molecule has 0 atom stereocenters. The van der Waals surface area contributed by atoms with Gasteiger partial charge in [0.05, 0.1) is 0 Å². The number of hydrogen-bond donors (Lipinski definition) is 2. The molecule has 0 unspecified atom stereocenters. The van der Waals surface area contributed by atoms with Crippen LogP contribution in [0.5, 0.6) is 0 Å². The number of carbonyl (C=O) groups is 1. The molecule has 0 aromatic carbocycles. The van der Waals surface area contributed by atoms with E-state index in [2.05, 4.69) is 15.0 Å². The molecule has 0 saturated heterocycles. The van der Waals surface area contributed by atoms with Crippen LogP contribution in [-0.4, -0.2) is 28.9 Å². The van der Waals surface area contributed by atoms with Crippen LogP contribution in [0.3, 0.4) is 0 Å². The third kappa shape index (κ3) is 2.12. The fourth-order valence-corrected chi connectivity index (χ4v) is 1.67. The van der Waals surface area contributed by atoms with E-state index < -0.39 is 5.97 Å². The van der Waals surface area contributed by atoms with Crippen molar-refractivity contribution in [2.24, 2.45) is 5.16 Å². The van der Waals surface area contributed by atoms with Crippen molar-refractivity contribution in [3.8, 4) is 0 Å². The molecule has 0 aliphatic rings. The van der Waals surface area contributed by atoms with E-state index in [0.717, 1.165) is 11.3 Å². The molecule has 76 valence electrons. The van der Waals surface area contributed by atoms with Gasteiger partial charge in [0, 0.05) is 0 Å². The van der Waals surface area contributed by atoms with Gasteiger partial charge in [-0.15, -0.1) is 0 Å². The Morgan fingerprint density at radius 1 is 1.79 bits per heavy atom. The topological polar surface area (TPSA) is 97.8 Å². The molecule has 0 saturated carbocycles. The Morgan fingerprint density at radius 2 is 2.43 bits per heavy atom. The number of aromatic nitrogens is 1. The van der Waals surface area contributed by atoms with E-state index in [9.17, 15) is 4.79 Å². The Morgan fingerprint density at radius 3 is 2.79 bits per heavy atom. The van der Waals surface area contributed by atoms with Crippen molar-refractivity contribution >= 4 is 39.8 Å². The normalized spacial score (nSPS) is 11.4. The number of hydrogen-bond acceptors (Lipinski definition) is 6. The van der Waals surface area contributed by atoms with Gasteiger partial charge in [0.25, 0.3) is 0 Å². The molecule has 6 nitrogen and oxygen atoms in total. The number of carboxylic acids is 1. The molecule has 1 heterocycles. The minimum atomic E-state index is -1.28. The Kier molecular flexibility index (Phi) is 3.26. The molecule has 0 radical (unpaired) electrons. The van der Waals surface area contributed by atoms with Crippen LogP contribution in [0.15, 0.2) is 5.16 Å². The maximum Gasteiger partial charge on any atom is 0.360 e. The molecule has 14 heavy (non-hydrogen) atoms. The van der Waals surface area contributed by atoms with Crippen LogP contribution >= 0.6 is 22.9 Å². The van der Waals surface area contributed by atoms with E-state index in [4.69, 9.17) is 22.4 Å². The van der Waals surface area contributed by atoms with Gasteiger partial charge in [-0.3, -0.25) is 0 Å². The number of oxime groups is 1. The van der Waals surface area contributed by atoms with Crippen molar-refractivity contribution in [2.45, 2.75) is 0 Å². The van der Waals surface area contributed by atoms with Gasteiger partial charge in [-0.05, 0) is 0 Å². The summed E-state index contributed by atoms with van der Waals surface area (Å²) in [6, 6.07) is 0. The summed E-state index contributed by atoms with van der Waals surface area (Å²) in [6.45, 7) is 0. The van der Waals surface area contributed by atoms with Gasteiger partial charge >= 0.3 is 5.97 Å². The number of thiazole rings is 1. The summed E-state index contributed by atoms with van der Waals surface area (Å²) in [5.41, 5.74) is 4.99. The third-order valence-corrected chi connectivity index (χ3v) is 2.30. The first kappa shape index (κ1) is 10.7. The van der Waals surface area contributed by atoms with Crippen LogP contribution in [0.4, 0.5) is 5.13 Å². The minimum absolute atomic E-state index is 0.0171. The molecule has 1 aromatic rings. The Labute approximate surface area is 87.9 Å². The van der Waals surface area contributed by atoms with Crippen molar-refractivity contribution in [1.29, 1.82) is 0 Å². The number of carboxylic acid groups (broad SMARTS) is 1. The van der Waals surface area contributed by atoms with E-state index in [-0.39, 0.29) is 20.9 Å². The van der Waals surface area contributed by atoms with E-state index in [0.29, 0.717) is 0 Å². The first-order chi connectivity index (χ1) is 6.56. The molecule has 0 fully saturated rings. The van der Waals surface area contributed by atoms with E-state index >= 15 is 0 Å². The Bertz CT molecular complexity index is 390. The number of nitrogen functional groups attached to an aromatic ring is 1. The predicted molar refractivity (Wildman–Crippen MR) is 52.7 cm³/mol. The van der Waals surface area contributed by atoms with Gasteiger partial charge in [0.2, 0.25) is 5.71 Å². The SMILES string of the molecule is CO/N=C(/C(=O)O)c1nc(N)sc1Cl. The number of nitrogens with two attached hydrogens (primary N) is 1. The van der Waals surface area contributed by atoms with Gasteiger partial charge < -0.3 is 15.7 Å². The first-order valence-electron chi connectivity index (χ1n) is 3.33. The number of halogens is 1. The number of rotatable bonds is 3. The van der Waals surface area contributed by atoms with Gasteiger partial charge in [-0.1, -0.05) is 28.1 Å². The van der Waals surface area contributed by atoms with Gasteiger partial charge in [-0.2, -0.15) is 0 Å². The number of aliphatic carboxylic acids is 1. The molecule has 0 bridgehead atoms. The fourth-order valence-electron chi connectivity index (χ4n) is 0.738. The molecular weight excluding hydrogens is 230 g/mol. The third-order valence-electron chi connectivity index (χ3n) is 1.21. The molecule has 0 spiro atoms. The van der Waals surface area contributed by atoms with Crippen LogP contribution in [0.1, 0.15) is 5.69 Å². The first-order valence-corrected chi connectivity index (χ1v) is 4.52. The smallest absolute Gasteiger partial charge is 0.360 e. The van der Waals surface area contributed by atoms with E-state index in [1.807, 2.05) is 0 Å². The monoisotopic (exact) mass is 235 g/mol. The summed E-state index contributed by atoms with van der Waals surface area (Å²) in [5, 5.41) is 12.2. The summed E-state index contributed by atoms with van der Waals surface area (Å²) in [6.07, 6.45) is 0. The predicted octanol–water partition coefficient (Wildman–Crippen LogP) is 0.814. The highest BCUT2D eigenvalue weighted by atomic mass is 35.5. The van der Waals surface area contributed by atoms with Crippen molar-refractivity contribution < 1.29 is 14.7 Å². The van der Waals surface area contributed by atoms with Crippen LogP contribution < -0.4 is 5.73 Å². The molecular formula is C6H6ClN3O3S. The van der Waals surface area contributed by atoms with Crippen molar-refractivity contribution in [2.75, 3.05) is 12.8 Å². The lowest BCUT2D eigenvalue weighted by Crippen LogP contribution is -2.15. The lowest BCUT2D eigenvalue weighted by molar-refractivity contribution is -0.129. The highest BCUT2D eigenvalue weighted by molar-refractivity contribution is 7.19. The maximum atomic E-state index is 10.7. The molecule has 8 heteroatoms. The Balaban J connectivity index is 3.18. The average molecular weight is 236 g/mol. The van der Waals surface area contributed by atoms with Crippen molar-refractivity contribution in [3.63, 3.8) is 0 Å². The highest BCUT2D eigenvalue weighted by Crippen LogP contribution is 2.26. The Hall–Kier alpha value is -1.34. The van der Waals surface area contributed by atoms with Gasteiger partial charge in [0.1, 0.15) is 17.1 Å². The maximum absolute atomic E-state index is 10.7. The van der Waals surface area contributed by atoms with Crippen LogP contribution in [0.2, 0.25) is 4.34 Å². The second kappa shape index (κ2) is 4.25. The van der Waals surface area contributed by atoms with Crippen LogP contribution in [0, 0.1) is 0 Å². The summed E-state index contributed by atoms with van der Waals surface area (Å²) in [5.74, 6) is -1.28. The lowest BCUT2D eigenvalue weighted by atomic mass is 10.3. The van der Waals surface area contributed by atoms with Crippen molar-refractivity contribution in [1.82, 2.24) is 4.98 Å². The zero-order chi connectivity index (χ0) is 10.7. The number of anilines is 1. The molecule has 1 aromatic heterocycles. The van der Waals surface area contributed by atoms with E-state index in [1.165, 1.54) is 7.11 Å². The summed E-state index contributed by atoms with van der Waals surface area (Å²) >= 11 is 6.67. The summed E-state index contributed by atoms with van der Waals surface area (Å²) < 4.78 is 0.167. The van der Waals surface area contributed by atoms with Gasteiger partial charge in [-0.25, -0.2) is 9.78 Å². The second-order valence-electron chi connectivity index (χ2n) is 2.10. The van der Waals surface area contributed by atoms with Crippen molar-refractivity contribution in [3.05, 3.63) is 10.0 Å². The minimum Gasteiger partial charge on any atom is -0.476 e. The highest BCUT2D eigenvalue weighted by Gasteiger charge is 2.21. The largest absolute Gasteiger partial charge is 0.476 e. The quantitative estimate of drug-likeness (QED) is 0.597. The molecule has 0 aliphatic carbocycles. The molecule has 0 aliphatic heterocycles. The zero-order valence-electron chi connectivity index (χ0n) is 7.02. The second-order valence-corrected chi connectivity index (χ2v) is 3.73. The molecule has 0 amide bonds. The zero-order valence-corrected chi connectivity index (χ0v) is 8.59. The lowest BCUT2D eigenvalue weighted by Gasteiger charge is -1.95. The standard InChI is InChI=1S/C6H6ClN3O3S/c1-13-10-3(5(11)12)2-4(7)14-6(8)9-2/h1H3,(H2,8,9)(H,11,12)/b10-3+. The van der Waals surface area contributed by atoms with Crippen LogP contribution in [0.25, 0.3) is 0 Å². The summed E-state index contributed by atoms with van der Waals surface area (Å²) in [4.78, 5) is 18.8. The molecule has 1 rings (SSSR count). The van der Waals surface area contributed by atoms with Crippen LogP contribution in [-0.2, 0) is 9.63 Å². The average Bonchev–Trinajstić information content (AvgIpc) is 2.40. The summed E-state index contributed by atoms with van der Waals surface area (Å²) in [7, 11) is 1.23.